The van der Waals surface area contributed by atoms with Gasteiger partial charge in [0.05, 0.1) is 0 Å². The molecule has 1 aliphatic rings. The van der Waals surface area contributed by atoms with Crippen LogP contribution in [-0.2, 0) is 0 Å². The molecule has 1 aliphatic carbocycles. The summed E-state index contributed by atoms with van der Waals surface area (Å²) in [6.07, 6.45) is 5.84. The lowest BCUT2D eigenvalue weighted by Gasteiger charge is -2.35. The second-order valence-electron chi connectivity index (χ2n) is 4.96. The maximum absolute atomic E-state index is 2.44. The molecule has 1 fully saturated rings. The Bertz CT molecular complexity index is 126. The molecule has 3 unspecified atom stereocenters. The monoisotopic (exact) mass is 168 g/mol. The van der Waals surface area contributed by atoms with Gasteiger partial charge in [-0.1, -0.05) is 40.5 Å². The van der Waals surface area contributed by atoms with Crippen molar-refractivity contribution in [3.63, 3.8) is 0 Å². The third kappa shape index (κ3) is 2.24. The van der Waals surface area contributed by atoms with Gasteiger partial charge < -0.3 is 0 Å². The van der Waals surface area contributed by atoms with Crippen molar-refractivity contribution >= 4 is 0 Å². The maximum atomic E-state index is 2.44. The molecule has 0 aromatic carbocycles. The van der Waals surface area contributed by atoms with Crippen LogP contribution in [0.4, 0.5) is 0 Å². The van der Waals surface area contributed by atoms with E-state index in [9.17, 15) is 0 Å². The van der Waals surface area contributed by atoms with E-state index in [2.05, 4.69) is 27.7 Å². The Morgan fingerprint density at radius 2 is 1.92 bits per heavy atom. The van der Waals surface area contributed by atoms with Crippen molar-refractivity contribution in [2.75, 3.05) is 0 Å². The Morgan fingerprint density at radius 3 is 2.42 bits per heavy atom. The van der Waals surface area contributed by atoms with Crippen molar-refractivity contribution in [1.82, 2.24) is 0 Å². The van der Waals surface area contributed by atoms with E-state index in [1.165, 1.54) is 25.7 Å². The van der Waals surface area contributed by atoms with Gasteiger partial charge in [0.2, 0.25) is 0 Å². The summed E-state index contributed by atoms with van der Waals surface area (Å²) < 4.78 is 0. The molecule has 0 spiro atoms. The highest BCUT2D eigenvalue weighted by atomic mass is 14.3. The molecule has 0 heteroatoms. The van der Waals surface area contributed by atoms with E-state index >= 15 is 0 Å². The summed E-state index contributed by atoms with van der Waals surface area (Å²) in [5.74, 6) is 3.94. The quantitative estimate of drug-likeness (QED) is 0.582. The summed E-state index contributed by atoms with van der Waals surface area (Å²) in [4.78, 5) is 0. The molecule has 0 heterocycles. The molecule has 0 aliphatic heterocycles. The van der Waals surface area contributed by atoms with Crippen molar-refractivity contribution in [3.8, 4) is 0 Å². The Hall–Kier alpha value is 0. The Balaban J connectivity index is 2.44. The summed E-state index contributed by atoms with van der Waals surface area (Å²) in [6.45, 7) is 9.55. The van der Waals surface area contributed by atoms with E-state index in [-0.39, 0.29) is 0 Å². The fraction of sp³-hybridized carbons (Fsp3) is 1.00. The maximum Gasteiger partial charge on any atom is -0.0388 e. The van der Waals surface area contributed by atoms with E-state index in [0.717, 1.165) is 23.7 Å². The van der Waals surface area contributed by atoms with Crippen LogP contribution in [-0.4, -0.2) is 0 Å². The van der Waals surface area contributed by atoms with E-state index in [0.29, 0.717) is 0 Å². The van der Waals surface area contributed by atoms with Crippen LogP contribution in [0.1, 0.15) is 53.4 Å². The predicted molar refractivity (Wildman–Crippen MR) is 55.1 cm³/mol. The molecule has 0 N–H and O–H groups in total. The van der Waals surface area contributed by atoms with Crippen molar-refractivity contribution in [2.24, 2.45) is 23.7 Å². The summed E-state index contributed by atoms with van der Waals surface area (Å²) >= 11 is 0. The topological polar surface area (TPSA) is 0 Å². The smallest absolute Gasteiger partial charge is 0.0388 e. The van der Waals surface area contributed by atoms with Gasteiger partial charge >= 0.3 is 0 Å². The van der Waals surface area contributed by atoms with Crippen LogP contribution in [0.5, 0.6) is 0 Å². The second kappa shape index (κ2) is 4.30. The van der Waals surface area contributed by atoms with Crippen LogP contribution in [0.15, 0.2) is 0 Å². The zero-order valence-electron chi connectivity index (χ0n) is 9.14. The molecule has 12 heavy (non-hydrogen) atoms. The largest absolute Gasteiger partial charge is 0.0651 e. The molecule has 0 nitrogen and oxygen atoms in total. The Labute approximate surface area is 77.7 Å². The minimum absolute atomic E-state index is 0.909. The van der Waals surface area contributed by atoms with Gasteiger partial charge in [-0.15, -0.1) is 0 Å². The molecule has 0 radical (unpaired) electrons. The first kappa shape index (κ1) is 10.1. The Morgan fingerprint density at radius 1 is 1.25 bits per heavy atom. The van der Waals surface area contributed by atoms with Crippen molar-refractivity contribution < 1.29 is 0 Å². The normalized spacial score (nSPS) is 37.2. The van der Waals surface area contributed by atoms with Crippen LogP contribution in [0, 0.1) is 23.7 Å². The van der Waals surface area contributed by atoms with Crippen LogP contribution in [0.25, 0.3) is 0 Å². The average Bonchev–Trinajstić information content (AvgIpc) is 2.05. The zero-order valence-corrected chi connectivity index (χ0v) is 9.14. The first-order valence-corrected chi connectivity index (χ1v) is 5.65. The van der Waals surface area contributed by atoms with Gasteiger partial charge in [0.15, 0.2) is 0 Å². The van der Waals surface area contributed by atoms with Gasteiger partial charge in [-0.2, -0.15) is 0 Å². The minimum atomic E-state index is 0.909. The first-order valence-electron chi connectivity index (χ1n) is 5.65. The highest BCUT2D eigenvalue weighted by molar-refractivity contribution is 4.78. The van der Waals surface area contributed by atoms with Gasteiger partial charge in [0.25, 0.3) is 0 Å². The first-order chi connectivity index (χ1) is 5.65. The summed E-state index contributed by atoms with van der Waals surface area (Å²) in [7, 11) is 0. The fourth-order valence-corrected chi connectivity index (χ4v) is 2.63. The summed E-state index contributed by atoms with van der Waals surface area (Å²) in [6, 6.07) is 0. The standard InChI is InChI=1S/C12H24/c1-5-11-8-12(9(2)3)7-6-10(11)4/h9-12H,5-8H2,1-4H3. The molecule has 72 valence electrons. The van der Waals surface area contributed by atoms with Crippen LogP contribution >= 0.6 is 0 Å². The number of hydrogen-bond acceptors (Lipinski definition) is 0. The van der Waals surface area contributed by atoms with Gasteiger partial charge in [0.1, 0.15) is 0 Å². The predicted octanol–water partition coefficient (Wildman–Crippen LogP) is 4.10. The van der Waals surface area contributed by atoms with Crippen molar-refractivity contribution in [3.05, 3.63) is 0 Å². The van der Waals surface area contributed by atoms with Crippen molar-refractivity contribution in [1.29, 1.82) is 0 Å². The lowest BCUT2D eigenvalue weighted by Crippen LogP contribution is -2.25. The number of hydrogen-bond donors (Lipinski definition) is 0. The van der Waals surface area contributed by atoms with E-state index in [1.54, 1.807) is 0 Å². The highest BCUT2D eigenvalue weighted by Crippen LogP contribution is 2.38. The lowest BCUT2D eigenvalue weighted by atomic mass is 9.70. The fourth-order valence-electron chi connectivity index (χ4n) is 2.63. The highest BCUT2D eigenvalue weighted by Gasteiger charge is 2.27. The van der Waals surface area contributed by atoms with Gasteiger partial charge in [-0.3, -0.25) is 0 Å². The molecule has 0 saturated heterocycles. The van der Waals surface area contributed by atoms with Crippen molar-refractivity contribution in [2.45, 2.75) is 53.4 Å². The molecule has 3 atom stereocenters. The average molecular weight is 168 g/mol. The SMILES string of the molecule is CCC1CC(C(C)C)CCC1C. The molecular weight excluding hydrogens is 144 g/mol. The number of rotatable bonds is 2. The third-order valence-corrected chi connectivity index (χ3v) is 3.87. The molecule has 0 aromatic heterocycles. The second-order valence-corrected chi connectivity index (χ2v) is 4.96. The molecule has 0 aromatic rings. The summed E-state index contributed by atoms with van der Waals surface area (Å²) in [5, 5.41) is 0. The van der Waals surface area contributed by atoms with Crippen LogP contribution in [0.3, 0.4) is 0 Å². The third-order valence-electron chi connectivity index (χ3n) is 3.87. The molecule has 0 bridgehead atoms. The van der Waals surface area contributed by atoms with Crippen LogP contribution in [0.2, 0.25) is 0 Å². The molecule has 1 rings (SSSR count). The van der Waals surface area contributed by atoms with Gasteiger partial charge in [0, 0.05) is 0 Å². The minimum Gasteiger partial charge on any atom is -0.0651 e. The lowest BCUT2D eigenvalue weighted by molar-refractivity contribution is 0.155. The summed E-state index contributed by atoms with van der Waals surface area (Å²) in [5.41, 5.74) is 0. The van der Waals surface area contributed by atoms with E-state index < -0.39 is 0 Å². The molecule has 0 amide bonds. The van der Waals surface area contributed by atoms with E-state index in [1.807, 2.05) is 0 Å². The molecular formula is C12H24. The van der Waals surface area contributed by atoms with Crippen LogP contribution < -0.4 is 0 Å². The van der Waals surface area contributed by atoms with Gasteiger partial charge in [-0.05, 0) is 36.5 Å². The van der Waals surface area contributed by atoms with Gasteiger partial charge in [-0.25, -0.2) is 0 Å². The Kier molecular flexibility index (Phi) is 3.61. The molecule has 1 saturated carbocycles. The zero-order chi connectivity index (χ0) is 9.14. The van der Waals surface area contributed by atoms with E-state index in [4.69, 9.17) is 0 Å².